The average molecular weight is 402 g/mol. The summed E-state index contributed by atoms with van der Waals surface area (Å²) in [6.45, 7) is 0. The molecule has 3 aromatic rings. The number of hydrogen-bond donors (Lipinski definition) is 1. The third kappa shape index (κ3) is 5.10. The van der Waals surface area contributed by atoms with E-state index in [-0.39, 0.29) is 11.4 Å². The average Bonchev–Trinajstić information content (AvgIpc) is 3.15. The van der Waals surface area contributed by atoms with Crippen LogP contribution < -0.4 is 5.32 Å². The Balaban J connectivity index is 1.65. The highest BCUT2D eigenvalue weighted by atomic mass is 19.4. The SMILES string of the molecule is O=C(C=Cc1ccc(-c2cccc([N+](=O)[O-])c2)o1)Nc1ccc(C(F)(F)F)cc1. The predicted molar refractivity (Wildman–Crippen MR) is 99.9 cm³/mol. The maximum absolute atomic E-state index is 12.5. The molecule has 1 heterocycles. The number of carbonyl (C=O) groups excluding carboxylic acids is 1. The second kappa shape index (κ2) is 8.01. The van der Waals surface area contributed by atoms with E-state index in [1.165, 1.54) is 24.3 Å². The van der Waals surface area contributed by atoms with Crippen LogP contribution in [0, 0.1) is 10.1 Å². The van der Waals surface area contributed by atoms with Crippen LogP contribution in [-0.4, -0.2) is 10.8 Å². The number of nitro groups is 1. The number of nitrogens with zero attached hydrogens (tertiary/aromatic N) is 1. The van der Waals surface area contributed by atoms with E-state index in [9.17, 15) is 28.1 Å². The van der Waals surface area contributed by atoms with Crippen LogP contribution in [0.25, 0.3) is 17.4 Å². The lowest BCUT2D eigenvalue weighted by Gasteiger charge is -2.07. The van der Waals surface area contributed by atoms with Crippen molar-refractivity contribution in [2.24, 2.45) is 0 Å². The van der Waals surface area contributed by atoms with Gasteiger partial charge in [-0.1, -0.05) is 12.1 Å². The van der Waals surface area contributed by atoms with Gasteiger partial charge in [-0.05, 0) is 42.5 Å². The number of nitro benzene ring substituents is 1. The van der Waals surface area contributed by atoms with E-state index in [4.69, 9.17) is 4.42 Å². The molecule has 0 saturated carbocycles. The zero-order valence-corrected chi connectivity index (χ0v) is 14.6. The summed E-state index contributed by atoms with van der Waals surface area (Å²) < 4.78 is 43.1. The molecule has 0 radical (unpaired) electrons. The molecular weight excluding hydrogens is 389 g/mol. The van der Waals surface area contributed by atoms with Gasteiger partial charge in [0.15, 0.2) is 0 Å². The summed E-state index contributed by atoms with van der Waals surface area (Å²) in [6.07, 6.45) is -1.91. The number of benzene rings is 2. The van der Waals surface area contributed by atoms with E-state index in [0.29, 0.717) is 17.1 Å². The molecule has 1 amide bonds. The number of furan rings is 1. The maximum atomic E-state index is 12.5. The Morgan fingerprint density at radius 2 is 1.79 bits per heavy atom. The van der Waals surface area contributed by atoms with Gasteiger partial charge >= 0.3 is 6.18 Å². The topological polar surface area (TPSA) is 85.4 Å². The van der Waals surface area contributed by atoms with Gasteiger partial charge in [0.2, 0.25) is 5.91 Å². The van der Waals surface area contributed by atoms with Gasteiger partial charge < -0.3 is 9.73 Å². The number of rotatable bonds is 5. The highest BCUT2D eigenvalue weighted by Gasteiger charge is 2.29. The fourth-order valence-electron chi connectivity index (χ4n) is 2.45. The van der Waals surface area contributed by atoms with Gasteiger partial charge in [-0.15, -0.1) is 0 Å². The second-order valence-electron chi connectivity index (χ2n) is 5.91. The third-order valence-corrected chi connectivity index (χ3v) is 3.85. The highest BCUT2D eigenvalue weighted by Crippen LogP contribution is 2.30. The number of non-ortho nitro benzene ring substituents is 1. The molecule has 1 N–H and O–H groups in total. The van der Waals surface area contributed by atoms with E-state index >= 15 is 0 Å². The summed E-state index contributed by atoms with van der Waals surface area (Å²) in [5, 5.41) is 13.3. The number of hydrogen-bond acceptors (Lipinski definition) is 4. The van der Waals surface area contributed by atoms with E-state index in [1.807, 2.05) is 0 Å². The van der Waals surface area contributed by atoms with Gasteiger partial charge in [-0.2, -0.15) is 13.2 Å². The van der Waals surface area contributed by atoms with Crippen molar-refractivity contribution < 1.29 is 27.3 Å². The first kappa shape index (κ1) is 19.9. The van der Waals surface area contributed by atoms with E-state index in [1.54, 1.807) is 18.2 Å². The lowest BCUT2D eigenvalue weighted by atomic mass is 10.1. The Labute approximate surface area is 162 Å². The summed E-state index contributed by atoms with van der Waals surface area (Å²) in [7, 11) is 0. The van der Waals surface area contributed by atoms with Crippen LogP contribution in [0.3, 0.4) is 0 Å². The Kier molecular flexibility index (Phi) is 5.49. The van der Waals surface area contributed by atoms with Crippen LogP contribution in [0.15, 0.2) is 71.2 Å². The molecular formula is C20H13F3N2O4. The fraction of sp³-hybridized carbons (Fsp3) is 0.0500. The Morgan fingerprint density at radius 1 is 1.07 bits per heavy atom. The zero-order valence-electron chi connectivity index (χ0n) is 14.6. The summed E-state index contributed by atoms with van der Waals surface area (Å²) in [4.78, 5) is 22.3. The minimum absolute atomic E-state index is 0.0769. The van der Waals surface area contributed by atoms with Crippen molar-refractivity contribution in [1.29, 1.82) is 0 Å². The monoisotopic (exact) mass is 402 g/mol. The van der Waals surface area contributed by atoms with Crippen LogP contribution >= 0.6 is 0 Å². The molecule has 0 aliphatic heterocycles. The van der Waals surface area contributed by atoms with E-state index in [0.717, 1.165) is 30.3 Å². The molecule has 0 spiro atoms. The molecule has 0 fully saturated rings. The number of carbonyl (C=O) groups is 1. The van der Waals surface area contributed by atoms with Gasteiger partial charge in [0.25, 0.3) is 5.69 Å². The first-order valence-corrected chi connectivity index (χ1v) is 8.23. The van der Waals surface area contributed by atoms with Crippen LogP contribution in [0.1, 0.15) is 11.3 Å². The number of amides is 1. The number of nitrogens with one attached hydrogen (secondary N) is 1. The van der Waals surface area contributed by atoms with Crippen molar-refractivity contribution in [1.82, 2.24) is 0 Å². The summed E-state index contributed by atoms with van der Waals surface area (Å²) in [5.74, 6) is 0.156. The molecule has 9 heteroatoms. The molecule has 29 heavy (non-hydrogen) atoms. The molecule has 6 nitrogen and oxygen atoms in total. The zero-order chi connectivity index (χ0) is 21.0. The quantitative estimate of drug-likeness (QED) is 0.346. The van der Waals surface area contributed by atoms with Gasteiger partial charge in [-0.3, -0.25) is 14.9 Å². The molecule has 3 rings (SSSR count). The van der Waals surface area contributed by atoms with Crippen molar-refractivity contribution in [3.8, 4) is 11.3 Å². The first-order chi connectivity index (χ1) is 13.7. The molecule has 1 aromatic heterocycles. The second-order valence-corrected chi connectivity index (χ2v) is 5.91. The molecule has 0 unspecified atom stereocenters. The summed E-state index contributed by atoms with van der Waals surface area (Å²) in [5.41, 5.74) is -0.167. The van der Waals surface area contributed by atoms with Crippen molar-refractivity contribution in [3.63, 3.8) is 0 Å². The van der Waals surface area contributed by atoms with E-state index in [2.05, 4.69) is 5.32 Å². The lowest BCUT2D eigenvalue weighted by Crippen LogP contribution is -2.09. The number of alkyl halides is 3. The normalized spacial score (nSPS) is 11.6. The molecule has 0 saturated heterocycles. The predicted octanol–water partition coefficient (Wildman–Crippen LogP) is 5.53. The largest absolute Gasteiger partial charge is 0.457 e. The molecule has 0 aliphatic carbocycles. The molecule has 0 bridgehead atoms. The lowest BCUT2D eigenvalue weighted by molar-refractivity contribution is -0.384. The summed E-state index contributed by atoms with van der Waals surface area (Å²) in [6, 6.07) is 13.1. The van der Waals surface area contributed by atoms with Gasteiger partial charge in [-0.25, -0.2) is 0 Å². The van der Waals surface area contributed by atoms with Crippen LogP contribution in [-0.2, 0) is 11.0 Å². The van der Waals surface area contributed by atoms with Gasteiger partial charge in [0.1, 0.15) is 11.5 Å². The molecule has 2 aromatic carbocycles. The van der Waals surface area contributed by atoms with Crippen molar-refractivity contribution in [3.05, 3.63) is 88.2 Å². The van der Waals surface area contributed by atoms with Gasteiger partial charge in [0, 0.05) is 29.5 Å². The third-order valence-electron chi connectivity index (χ3n) is 3.85. The minimum Gasteiger partial charge on any atom is -0.457 e. The maximum Gasteiger partial charge on any atom is 0.416 e. The van der Waals surface area contributed by atoms with Crippen molar-refractivity contribution in [2.45, 2.75) is 6.18 Å². The van der Waals surface area contributed by atoms with Crippen molar-refractivity contribution in [2.75, 3.05) is 5.32 Å². The van der Waals surface area contributed by atoms with Crippen LogP contribution in [0.5, 0.6) is 0 Å². The van der Waals surface area contributed by atoms with Crippen LogP contribution in [0.4, 0.5) is 24.5 Å². The van der Waals surface area contributed by atoms with E-state index < -0.39 is 22.6 Å². The number of anilines is 1. The Bertz CT molecular complexity index is 1070. The van der Waals surface area contributed by atoms with Gasteiger partial charge in [0.05, 0.1) is 10.5 Å². The molecule has 0 atom stereocenters. The Hall–Kier alpha value is -3.88. The van der Waals surface area contributed by atoms with Crippen LogP contribution in [0.2, 0.25) is 0 Å². The summed E-state index contributed by atoms with van der Waals surface area (Å²) >= 11 is 0. The first-order valence-electron chi connectivity index (χ1n) is 8.23. The Morgan fingerprint density at radius 3 is 2.45 bits per heavy atom. The smallest absolute Gasteiger partial charge is 0.416 e. The highest BCUT2D eigenvalue weighted by molar-refractivity contribution is 6.01. The number of halogens is 3. The molecule has 148 valence electrons. The minimum atomic E-state index is -4.45. The van der Waals surface area contributed by atoms with Crippen molar-refractivity contribution >= 4 is 23.4 Å². The standard InChI is InChI=1S/C20H13F3N2O4/c21-20(22,23)14-4-6-15(7-5-14)24-19(26)11-9-17-8-10-18(29-17)13-2-1-3-16(12-13)25(27)28/h1-12H,(H,24,26). The fourth-order valence-corrected chi connectivity index (χ4v) is 2.45. The molecule has 0 aliphatic rings.